The van der Waals surface area contributed by atoms with E-state index in [4.69, 9.17) is 5.26 Å². The van der Waals surface area contributed by atoms with Crippen molar-refractivity contribution in [1.29, 1.82) is 5.26 Å². The van der Waals surface area contributed by atoms with E-state index in [1.54, 1.807) is 10.7 Å². The molecule has 0 unspecified atom stereocenters. The first-order valence-corrected chi connectivity index (χ1v) is 8.84. The molecule has 0 radical (unpaired) electrons. The summed E-state index contributed by atoms with van der Waals surface area (Å²) in [6, 6.07) is 17.3. The first-order chi connectivity index (χ1) is 13.2. The average Bonchev–Trinajstić information content (AvgIpc) is 3.15. The minimum absolute atomic E-state index is 0.164. The van der Waals surface area contributed by atoms with Crippen LogP contribution < -0.4 is 5.32 Å². The number of para-hydroxylation sites is 1. The zero-order valence-corrected chi connectivity index (χ0v) is 14.9. The van der Waals surface area contributed by atoms with Gasteiger partial charge in [0.2, 0.25) is 5.91 Å². The van der Waals surface area contributed by atoms with Gasteiger partial charge in [0.05, 0.1) is 29.6 Å². The molecule has 0 aliphatic rings. The molecule has 1 amide bonds. The van der Waals surface area contributed by atoms with Crippen LogP contribution in [0.15, 0.2) is 54.7 Å². The molecule has 7 nitrogen and oxygen atoms in total. The Hall–Kier alpha value is -3.53. The third-order valence-corrected chi connectivity index (χ3v) is 3.97. The molecule has 2 aromatic heterocycles. The molecule has 0 saturated heterocycles. The quantitative estimate of drug-likeness (QED) is 0.623. The van der Waals surface area contributed by atoms with Crippen LogP contribution in [0.25, 0.3) is 5.69 Å². The van der Waals surface area contributed by atoms with Gasteiger partial charge in [-0.05, 0) is 49.6 Å². The molecule has 0 bridgehead atoms. The Bertz CT molecular complexity index is 912. The maximum Gasteiger partial charge on any atom is 0.231 e. The molecule has 27 heavy (non-hydrogen) atoms. The summed E-state index contributed by atoms with van der Waals surface area (Å²) in [5.41, 5.74) is 2.48. The number of nitriles is 1. The number of anilines is 1. The Morgan fingerprint density at radius 1 is 1.04 bits per heavy atom. The lowest BCUT2D eigenvalue weighted by atomic mass is 10.1. The highest BCUT2D eigenvalue weighted by Crippen LogP contribution is 2.09. The highest BCUT2D eigenvalue weighted by atomic mass is 16.1. The molecule has 0 spiro atoms. The smallest absolute Gasteiger partial charge is 0.231 e. The van der Waals surface area contributed by atoms with Gasteiger partial charge in [-0.1, -0.05) is 18.2 Å². The van der Waals surface area contributed by atoms with E-state index in [0.29, 0.717) is 17.9 Å². The average molecular weight is 360 g/mol. The Morgan fingerprint density at radius 3 is 2.63 bits per heavy atom. The fourth-order valence-corrected chi connectivity index (χ4v) is 2.60. The van der Waals surface area contributed by atoms with Crippen LogP contribution >= 0.6 is 0 Å². The van der Waals surface area contributed by atoms with Gasteiger partial charge in [0, 0.05) is 12.6 Å². The van der Waals surface area contributed by atoms with E-state index >= 15 is 0 Å². The molecule has 136 valence electrons. The highest BCUT2D eigenvalue weighted by molar-refractivity contribution is 5.91. The van der Waals surface area contributed by atoms with Crippen molar-refractivity contribution in [2.45, 2.75) is 32.1 Å². The van der Waals surface area contributed by atoms with Crippen LogP contribution in [0.4, 0.5) is 5.82 Å². The minimum Gasteiger partial charge on any atom is -0.309 e. The van der Waals surface area contributed by atoms with Gasteiger partial charge in [0.25, 0.3) is 0 Å². The number of aryl methyl sites for hydroxylation is 1. The van der Waals surface area contributed by atoms with Crippen LogP contribution in [0.2, 0.25) is 0 Å². The summed E-state index contributed by atoms with van der Waals surface area (Å²) >= 11 is 0. The van der Waals surface area contributed by atoms with Gasteiger partial charge in [-0.15, -0.1) is 5.10 Å². The second-order valence-electron chi connectivity index (χ2n) is 6.09. The Morgan fingerprint density at radius 2 is 1.89 bits per heavy atom. The largest absolute Gasteiger partial charge is 0.309 e. The molecule has 0 aliphatic heterocycles. The number of hydrogen-bond acceptors (Lipinski definition) is 5. The number of carbonyl (C=O) groups excluding carboxylic acids is 1. The van der Waals surface area contributed by atoms with Crippen molar-refractivity contribution in [3.05, 3.63) is 66.1 Å². The van der Waals surface area contributed by atoms with Crippen molar-refractivity contribution >= 4 is 11.7 Å². The van der Waals surface area contributed by atoms with Crippen LogP contribution in [0.1, 0.15) is 30.7 Å². The molecule has 1 aromatic carbocycles. The Balaban J connectivity index is 1.51. The maximum atomic E-state index is 12.2. The molecule has 0 saturated carbocycles. The van der Waals surface area contributed by atoms with Gasteiger partial charge in [0.15, 0.2) is 5.82 Å². The van der Waals surface area contributed by atoms with Gasteiger partial charge >= 0.3 is 0 Å². The third-order valence-electron chi connectivity index (χ3n) is 3.97. The number of rotatable bonds is 8. The second kappa shape index (κ2) is 9.25. The fraction of sp³-hybridized carbons (Fsp3) is 0.250. The maximum absolute atomic E-state index is 12.2. The molecule has 1 N–H and O–H groups in total. The summed E-state index contributed by atoms with van der Waals surface area (Å²) in [6.07, 6.45) is 5.09. The summed E-state index contributed by atoms with van der Waals surface area (Å²) in [4.78, 5) is 12.2. The summed E-state index contributed by atoms with van der Waals surface area (Å²) in [7, 11) is 0. The topological polar surface area (TPSA) is 96.5 Å². The highest BCUT2D eigenvalue weighted by Gasteiger charge is 2.09. The normalized spacial score (nSPS) is 10.3. The Kier molecular flexibility index (Phi) is 6.26. The molecule has 0 fully saturated rings. The van der Waals surface area contributed by atoms with Crippen molar-refractivity contribution in [3.8, 4) is 11.8 Å². The predicted octanol–water partition coefficient (Wildman–Crippen LogP) is 3.08. The molecular formula is C20H20N6O. The number of amides is 1. The first kappa shape index (κ1) is 18.3. The van der Waals surface area contributed by atoms with Crippen molar-refractivity contribution in [1.82, 2.24) is 20.0 Å². The van der Waals surface area contributed by atoms with Crippen LogP contribution in [-0.2, 0) is 17.6 Å². The standard InChI is InChI=1S/C20H20N6O/c21-13-6-2-3-7-16-10-11-19(24-23-16)22-20(27)15-17-12-14-26(25-17)18-8-4-1-5-9-18/h1,4-5,8-12,14H,2-3,6-7,15H2,(H,22,24,27). The second-order valence-corrected chi connectivity index (χ2v) is 6.09. The molecule has 2 heterocycles. The van der Waals surface area contributed by atoms with Crippen molar-refractivity contribution in [2.24, 2.45) is 0 Å². The van der Waals surface area contributed by atoms with E-state index in [1.165, 1.54) is 0 Å². The van der Waals surface area contributed by atoms with Gasteiger partial charge in [0.1, 0.15) is 0 Å². The summed E-state index contributed by atoms with van der Waals surface area (Å²) in [5, 5.41) is 23.8. The molecule has 7 heteroatoms. The van der Waals surface area contributed by atoms with Crippen LogP contribution in [-0.4, -0.2) is 25.9 Å². The molecule has 3 rings (SSSR count). The van der Waals surface area contributed by atoms with E-state index in [2.05, 4.69) is 26.7 Å². The zero-order chi connectivity index (χ0) is 18.9. The van der Waals surface area contributed by atoms with E-state index in [-0.39, 0.29) is 12.3 Å². The SMILES string of the molecule is N#CCCCCc1ccc(NC(=O)Cc2ccn(-c3ccccc3)n2)nn1. The number of carbonyl (C=O) groups is 1. The lowest BCUT2D eigenvalue weighted by molar-refractivity contribution is -0.115. The number of nitrogens with one attached hydrogen (secondary N) is 1. The third kappa shape index (κ3) is 5.47. The van der Waals surface area contributed by atoms with E-state index in [0.717, 1.165) is 30.6 Å². The Labute approximate surface area is 157 Å². The molecule has 0 aliphatic carbocycles. The number of benzene rings is 1. The predicted molar refractivity (Wildman–Crippen MR) is 101 cm³/mol. The van der Waals surface area contributed by atoms with Gasteiger partial charge < -0.3 is 5.32 Å². The molecule has 3 aromatic rings. The van der Waals surface area contributed by atoms with Crippen molar-refractivity contribution in [2.75, 3.05) is 5.32 Å². The molecule has 0 atom stereocenters. The number of aromatic nitrogens is 4. The number of hydrogen-bond donors (Lipinski definition) is 1. The van der Waals surface area contributed by atoms with E-state index in [1.807, 2.05) is 48.7 Å². The lowest BCUT2D eigenvalue weighted by Crippen LogP contribution is -2.16. The van der Waals surface area contributed by atoms with Crippen molar-refractivity contribution in [3.63, 3.8) is 0 Å². The number of unbranched alkanes of at least 4 members (excludes halogenated alkanes) is 2. The summed E-state index contributed by atoms with van der Waals surface area (Å²) in [6.45, 7) is 0. The van der Waals surface area contributed by atoms with Crippen LogP contribution in [0.5, 0.6) is 0 Å². The summed E-state index contributed by atoms with van der Waals surface area (Å²) < 4.78 is 1.74. The molecular weight excluding hydrogens is 340 g/mol. The lowest BCUT2D eigenvalue weighted by Gasteiger charge is -2.04. The summed E-state index contributed by atoms with van der Waals surface area (Å²) in [5.74, 6) is 0.229. The van der Waals surface area contributed by atoms with Crippen molar-refractivity contribution < 1.29 is 4.79 Å². The zero-order valence-electron chi connectivity index (χ0n) is 14.9. The van der Waals surface area contributed by atoms with E-state index in [9.17, 15) is 4.79 Å². The van der Waals surface area contributed by atoms with Crippen LogP contribution in [0, 0.1) is 11.3 Å². The van der Waals surface area contributed by atoms with Gasteiger partial charge in [-0.25, -0.2) is 4.68 Å². The van der Waals surface area contributed by atoms with Crippen LogP contribution in [0.3, 0.4) is 0 Å². The van der Waals surface area contributed by atoms with Gasteiger partial charge in [-0.2, -0.15) is 15.5 Å². The number of nitrogens with zero attached hydrogens (tertiary/aromatic N) is 5. The van der Waals surface area contributed by atoms with Gasteiger partial charge in [-0.3, -0.25) is 4.79 Å². The minimum atomic E-state index is -0.190. The van der Waals surface area contributed by atoms with E-state index < -0.39 is 0 Å². The monoisotopic (exact) mass is 360 g/mol. The fourth-order valence-electron chi connectivity index (χ4n) is 2.60. The first-order valence-electron chi connectivity index (χ1n) is 8.84.